The second-order valence-corrected chi connectivity index (χ2v) is 5.59. The van der Waals surface area contributed by atoms with Gasteiger partial charge in [-0.05, 0) is 30.3 Å². The monoisotopic (exact) mass is 298 g/mol. The van der Waals surface area contributed by atoms with Gasteiger partial charge in [0.05, 0.1) is 12.9 Å². The Morgan fingerprint density at radius 3 is 2.81 bits per heavy atom. The molecular formula is C17H14O3S. The number of hydrogen-bond acceptors (Lipinski definition) is 4. The topological polar surface area (TPSA) is 39.4 Å². The first-order valence-corrected chi connectivity index (χ1v) is 7.53. The van der Waals surface area contributed by atoms with Crippen molar-refractivity contribution in [2.75, 3.05) is 12.9 Å². The number of thioether (sulfide) groups is 1. The minimum atomic E-state index is -0.0148. The highest BCUT2D eigenvalue weighted by Crippen LogP contribution is 2.25. The Morgan fingerprint density at radius 2 is 2.00 bits per heavy atom. The number of benzene rings is 2. The lowest BCUT2D eigenvalue weighted by molar-refractivity contribution is 0.0994. The minimum Gasteiger partial charge on any atom is -0.497 e. The van der Waals surface area contributed by atoms with Gasteiger partial charge >= 0.3 is 0 Å². The molecule has 3 rings (SSSR count). The SMILES string of the molecule is COc1cccc(SCC(=O)c2cc3ccccc3o2)c1. The van der Waals surface area contributed by atoms with E-state index in [-0.39, 0.29) is 5.78 Å². The minimum absolute atomic E-state index is 0.0148. The van der Waals surface area contributed by atoms with E-state index in [1.807, 2.05) is 48.5 Å². The summed E-state index contributed by atoms with van der Waals surface area (Å²) >= 11 is 1.47. The highest BCUT2D eigenvalue weighted by Gasteiger charge is 2.12. The fourth-order valence-corrected chi connectivity index (χ4v) is 2.84. The summed E-state index contributed by atoms with van der Waals surface area (Å²) in [6, 6.07) is 17.1. The van der Waals surface area contributed by atoms with E-state index < -0.39 is 0 Å². The predicted molar refractivity (Wildman–Crippen MR) is 84.3 cm³/mol. The van der Waals surface area contributed by atoms with Crippen LogP contribution >= 0.6 is 11.8 Å². The molecule has 1 aromatic heterocycles. The number of ether oxygens (including phenoxy) is 1. The molecule has 0 aliphatic carbocycles. The molecule has 106 valence electrons. The molecule has 21 heavy (non-hydrogen) atoms. The lowest BCUT2D eigenvalue weighted by Crippen LogP contribution is -2.00. The summed E-state index contributed by atoms with van der Waals surface area (Å²) in [7, 11) is 1.63. The van der Waals surface area contributed by atoms with Crippen molar-refractivity contribution in [2.45, 2.75) is 4.90 Å². The van der Waals surface area contributed by atoms with Crippen LogP contribution in [0.2, 0.25) is 0 Å². The lowest BCUT2D eigenvalue weighted by Gasteiger charge is -2.03. The van der Waals surface area contributed by atoms with E-state index in [1.54, 1.807) is 13.2 Å². The number of carbonyl (C=O) groups excluding carboxylic acids is 1. The number of para-hydroxylation sites is 1. The van der Waals surface area contributed by atoms with Crippen LogP contribution in [0.3, 0.4) is 0 Å². The van der Waals surface area contributed by atoms with Crippen LogP contribution in [-0.4, -0.2) is 18.6 Å². The Bertz CT molecular complexity index is 743. The first-order chi connectivity index (χ1) is 10.3. The van der Waals surface area contributed by atoms with Gasteiger partial charge in [-0.25, -0.2) is 0 Å². The maximum Gasteiger partial charge on any atom is 0.208 e. The highest BCUT2D eigenvalue weighted by atomic mass is 32.2. The lowest BCUT2D eigenvalue weighted by atomic mass is 10.2. The van der Waals surface area contributed by atoms with Crippen LogP contribution < -0.4 is 4.74 Å². The summed E-state index contributed by atoms with van der Waals surface area (Å²) in [6.45, 7) is 0. The molecule has 2 aromatic carbocycles. The summed E-state index contributed by atoms with van der Waals surface area (Å²) in [5.41, 5.74) is 0.743. The molecular weight excluding hydrogens is 284 g/mol. The molecule has 0 aliphatic rings. The van der Waals surface area contributed by atoms with E-state index in [9.17, 15) is 4.79 Å². The van der Waals surface area contributed by atoms with Crippen LogP contribution in [0.1, 0.15) is 10.6 Å². The van der Waals surface area contributed by atoms with Gasteiger partial charge in [0.1, 0.15) is 11.3 Å². The number of methoxy groups -OCH3 is 1. The Balaban J connectivity index is 1.71. The standard InChI is InChI=1S/C17H14O3S/c1-19-13-6-4-7-14(10-13)21-11-15(18)17-9-12-5-2-3-8-16(12)20-17/h2-10H,11H2,1H3. The van der Waals surface area contributed by atoms with Crippen molar-refractivity contribution in [1.29, 1.82) is 0 Å². The van der Waals surface area contributed by atoms with Gasteiger partial charge in [0.2, 0.25) is 5.78 Å². The van der Waals surface area contributed by atoms with Gasteiger partial charge in [0.25, 0.3) is 0 Å². The number of rotatable bonds is 5. The second-order valence-electron chi connectivity index (χ2n) is 4.54. The van der Waals surface area contributed by atoms with Crippen molar-refractivity contribution in [3.63, 3.8) is 0 Å². The number of ketones is 1. The van der Waals surface area contributed by atoms with E-state index in [4.69, 9.17) is 9.15 Å². The second kappa shape index (κ2) is 6.06. The number of fused-ring (bicyclic) bond motifs is 1. The van der Waals surface area contributed by atoms with Crippen molar-refractivity contribution in [1.82, 2.24) is 0 Å². The van der Waals surface area contributed by atoms with Gasteiger partial charge in [0, 0.05) is 10.3 Å². The molecule has 0 unspecified atom stereocenters. The Hall–Kier alpha value is -2.20. The summed E-state index contributed by atoms with van der Waals surface area (Å²) < 4.78 is 10.7. The van der Waals surface area contributed by atoms with Gasteiger partial charge in [-0.3, -0.25) is 4.79 Å². The van der Waals surface area contributed by atoms with Gasteiger partial charge in [-0.15, -0.1) is 11.8 Å². The quantitative estimate of drug-likeness (QED) is 0.516. The molecule has 0 radical (unpaired) electrons. The molecule has 0 N–H and O–H groups in total. The van der Waals surface area contributed by atoms with Crippen molar-refractivity contribution >= 4 is 28.5 Å². The van der Waals surface area contributed by atoms with Crippen LogP contribution in [-0.2, 0) is 0 Å². The molecule has 0 bridgehead atoms. The number of carbonyl (C=O) groups is 1. The molecule has 3 nitrogen and oxygen atoms in total. The predicted octanol–water partition coefficient (Wildman–Crippen LogP) is 4.42. The van der Waals surface area contributed by atoms with Crippen molar-refractivity contribution in [2.24, 2.45) is 0 Å². The zero-order valence-corrected chi connectivity index (χ0v) is 12.4. The summed E-state index contributed by atoms with van der Waals surface area (Å²) in [5, 5.41) is 0.951. The zero-order valence-electron chi connectivity index (χ0n) is 11.5. The van der Waals surface area contributed by atoms with Crippen LogP contribution in [0.15, 0.2) is 63.9 Å². The van der Waals surface area contributed by atoms with Crippen LogP contribution in [0.5, 0.6) is 5.75 Å². The van der Waals surface area contributed by atoms with E-state index in [2.05, 4.69) is 0 Å². The first kappa shape index (κ1) is 13.8. The number of hydrogen-bond donors (Lipinski definition) is 0. The highest BCUT2D eigenvalue weighted by molar-refractivity contribution is 8.00. The molecule has 0 spiro atoms. The van der Waals surface area contributed by atoms with Crippen LogP contribution in [0.25, 0.3) is 11.0 Å². The maximum atomic E-state index is 12.2. The number of Topliss-reactive ketones (excluding diaryl/α,β-unsaturated/α-hetero) is 1. The largest absolute Gasteiger partial charge is 0.497 e. The van der Waals surface area contributed by atoms with Crippen molar-refractivity contribution in [3.8, 4) is 5.75 Å². The normalized spacial score (nSPS) is 10.7. The fraction of sp³-hybridized carbons (Fsp3) is 0.118. The Morgan fingerprint density at radius 1 is 1.14 bits per heavy atom. The molecule has 0 fully saturated rings. The third-order valence-corrected chi connectivity index (χ3v) is 4.11. The zero-order chi connectivity index (χ0) is 14.7. The fourth-order valence-electron chi connectivity index (χ4n) is 2.03. The molecule has 0 saturated heterocycles. The van der Waals surface area contributed by atoms with Gasteiger partial charge < -0.3 is 9.15 Å². The summed E-state index contributed by atoms with van der Waals surface area (Å²) in [4.78, 5) is 13.2. The van der Waals surface area contributed by atoms with Gasteiger partial charge in [0.15, 0.2) is 5.76 Å². The third-order valence-electron chi connectivity index (χ3n) is 3.11. The Labute approximate surface area is 126 Å². The molecule has 0 amide bonds. The third kappa shape index (κ3) is 3.11. The molecule has 4 heteroatoms. The van der Waals surface area contributed by atoms with E-state index >= 15 is 0 Å². The Kier molecular flexibility index (Phi) is 3.97. The van der Waals surface area contributed by atoms with Crippen molar-refractivity contribution in [3.05, 3.63) is 60.4 Å². The smallest absolute Gasteiger partial charge is 0.208 e. The molecule has 0 saturated carbocycles. The number of furan rings is 1. The average Bonchev–Trinajstić information content (AvgIpc) is 2.97. The van der Waals surface area contributed by atoms with Gasteiger partial charge in [-0.2, -0.15) is 0 Å². The van der Waals surface area contributed by atoms with E-state index in [0.717, 1.165) is 21.6 Å². The van der Waals surface area contributed by atoms with Crippen molar-refractivity contribution < 1.29 is 13.9 Å². The maximum absolute atomic E-state index is 12.2. The summed E-state index contributed by atoms with van der Waals surface area (Å²) in [5.74, 6) is 1.52. The molecule has 0 atom stereocenters. The summed E-state index contributed by atoms with van der Waals surface area (Å²) in [6.07, 6.45) is 0. The molecule has 3 aromatic rings. The van der Waals surface area contributed by atoms with Gasteiger partial charge in [-0.1, -0.05) is 24.3 Å². The molecule has 0 aliphatic heterocycles. The van der Waals surface area contributed by atoms with E-state index in [1.165, 1.54) is 11.8 Å². The first-order valence-electron chi connectivity index (χ1n) is 6.55. The van der Waals surface area contributed by atoms with E-state index in [0.29, 0.717) is 11.5 Å². The van der Waals surface area contributed by atoms with Crippen LogP contribution in [0.4, 0.5) is 0 Å². The molecule has 1 heterocycles. The average molecular weight is 298 g/mol. The van der Waals surface area contributed by atoms with Crippen LogP contribution in [0, 0.1) is 0 Å².